The highest BCUT2D eigenvalue weighted by atomic mass is 35.5. The van der Waals surface area contributed by atoms with Gasteiger partial charge in [0.25, 0.3) is 11.6 Å². The number of rotatable bonds is 4. The number of benzene rings is 2. The Balaban J connectivity index is 1.77. The predicted octanol–water partition coefficient (Wildman–Crippen LogP) is 3.63. The van der Waals surface area contributed by atoms with Gasteiger partial charge in [-0.15, -0.1) is 0 Å². The number of hydrogen-bond donors (Lipinski definition) is 2. The number of nitrogens with zero attached hydrogens (tertiary/aromatic N) is 1. The van der Waals surface area contributed by atoms with E-state index in [4.69, 9.17) is 16.0 Å². The molecule has 3 aromatic rings. The fraction of sp³-hybridized carbons (Fsp3) is 0.0625. The summed E-state index contributed by atoms with van der Waals surface area (Å²) in [5.74, 6) is -0.567. The van der Waals surface area contributed by atoms with E-state index < -0.39 is 10.8 Å². The Hall–Kier alpha value is -3.06. The van der Waals surface area contributed by atoms with Crippen molar-refractivity contribution in [1.29, 1.82) is 0 Å². The number of amides is 1. The summed E-state index contributed by atoms with van der Waals surface area (Å²) in [7, 11) is 0. The molecule has 0 saturated heterocycles. The Bertz CT molecular complexity index is 951. The number of halogens is 1. The van der Waals surface area contributed by atoms with Crippen molar-refractivity contribution >= 4 is 34.2 Å². The Morgan fingerprint density at radius 3 is 2.79 bits per heavy atom. The predicted molar refractivity (Wildman–Crippen MR) is 87.2 cm³/mol. The summed E-state index contributed by atoms with van der Waals surface area (Å²) in [4.78, 5) is 22.3. The number of furan rings is 1. The minimum absolute atomic E-state index is 0.0792. The lowest BCUT2D eigenvalue weighted by Crippen LogP contribution is -2.22. The number of aromatic hydroxyl groups is 1. The van der Waals surface area contributed by atoms with Crippen LogP contribution < -0.4 is 5.32 Å². The van der Waals surface area contributed by atoms with Gasteiger partial charge in [-0.1, -0.05) is 11.6 Å². The first-order chi connectivity index (χ1) is 11.4. The van der Waals surface area contributed by atoms with Gasteiger partial charge in [-0.3, -0.25) is 14.9 Å². The van der Waals surface area contributed by atoms with E-state index in [1.807, 2.05) is 0 Å². The van der Waals surface area contributed by atoms with Gasteiger partial charge in [0.1, 0.15) is 11.3 Å². The van der Waals surface area contributed by atoms with E-state index in [1.165, 1.54) is 18.2 Å². The van der Waals surface area contributed by atoms with Gasteiger partial charge in [0, 0.05) is 34.6 Å². The molecule has 0 aliphatic carbocycles. The molecule has 2 aromatic carbocycles. The van der Waals surface area contributed by atoms with Crippen molar-refractivity contribution in [2.75, 3.05) is 0 Å². The van der Waals surface area contributed by atoms with Crippen LogP contribution in [-0.4, -0.2) is 15.9 Å². The number of carbonyl (C=O) groups is 1. The molecule has 1 amide bonds. The molecule has 0 fully saturated rings. The zero-order valence-corrected chi connectivity index (χ0v) is 12.9. The third-order valence-electron chi connectivity index (χ3n) is 3.42. The van der Waals surface area contributed by atoms with E-state index in [1.54, 1.807) is 24.3 Å². The first-order valence-electron chi connectivity index (χ1n) is 6.87. The molecule has 0 saturated carbocycles. The van der Waals surface area contributed by atoms with Crippen molar-refractivity contribution < 1.29 is 19.2 Å². The SMILES string of the molecule is O=C(NCc1cc([N+](=O)[O-])ccc1O)c1cc2cc(Cl)ccc2o1. The zero-order chi connectivity index (χ0) is 17.3. The van der Waals surface area contributed by atoms with E-state index in [9.17, 15) is 20.0 Å². The molecule has 0 radical (unpaired) electrons. The van der Waals surface area contributed by atoms with E-state index in [0.29, 0.717) is 16.0 Å². The van der Waals surface area contributed by atoms with Gasteiger partial charge >= 0.3 is 0 Å². The third kappa shape index (κ3) is 3.16. The van der Waals surface area contributed by atoms with Gasteiger partial charge in [0.15, 0.2) is 5.76 Å². The number of phenols is 1. The van der Waals surface area contributed by atoms with Crippen LogP contribution in [0.4, 0.5) is 5.69 Å². The molecule has 122 valence electrons. The lowest BCUT2D eigenvalue weighted by Gasteiger charge is -2.05. The molecule has 0 atom stereocenters. The molecule has 0 aliphatic heterocycles. The van der Waals surface area contributed by atoms with Crippen LogP contribution in [0.1, 0.15) is 16.1 Å². The molecule has 0 aliphatic rings. The first kappa shape index (κ1) is 15.8. The van der Waals surface area contributed by atoms with Crippen LogP contribution in [0, 0.1) is 10.1 Å². The molecular formula is C16H11ClN2O5. The molecule has 7 nitrogen and oxygen atoms in total. The highest BCUT2D eigenvalue weighted by Gasteiger charge is 2.15. The normalized spacial score (nSPS) is 10.7. The second kappa shape index (κ2) is 6.21. The molecule has 8 heteroatoms. The largest absolute Gasteiger partial charge is 0.508 e. The van der Waals surface area contributed by atoms with Crippen molar-refractivity contribution in [2.24, 2.45) is 0 Å². The zero-order valence-electron chi connectivity index (χ0n) is 12.2. The summed E-state index contributed by atoms with van der Waals surface area (Å²) in [5, 5.41) is 24.3. The van der Waals surface area contributed by atoms with Crippen LogP contribution in [0.2, 0.25) is 5.02 Å². The number of carbonyl (C=O) groups excluding carboxylic acids is 1. The average molecular weight is 347 g/mol. The lowest BCUT2D eigenvalue weighted by atomic mass is 10.1. The molecule has 0 bridgehead atoms. The number of fused-ring (bicyclic) bond motifs is 1. The van der Waals surface area contributed by atoms with Crippen molar-refractivity contribution in [3.8, 4) is 5.75 Å². The standard InChI is InChI=1S/C16H11ClN2O5/c17-11-1-4-14-9(5-11)7-15(24-14)16(21)18-8-10-6-12(19(22)23)2-3-13(10)20/h1-7,20H,8H2,(H,18,21). The maximum atomic E-state index is 12.1. The van der Waals surface area contributed by atoms with Gasteiger partial charge in [0.2, 0.25) is 0 Å². The summed E-state index contributed by atoms with van der Waals surface area (Å²) in [5.41, 5.74) is 0.579. The second-order valence-corrected chi connectivity index (χ2v) is 5.48. The van der Waals surface area contributed by atoms with Crippen LogP contribution in [0.15, 0.2) is 46.9 Å². The first-order valence-corrected chi connectivity index (χ1v) is 7.25. The maximum Gasteiger partial charge on any atom is 0.287 e. The molecule has 24 heavy (non-hydrogen) atoms. The topological polar surface area (TPSA) is 106 Å². The molecule has 0 spiro atoms. The van der Waals surface area contributed by atoms with Crippen molar-refractivity contribution in [3.05, 3.63) is 68.9 Å². The molecular weight excluding hydrogens is 336 g/mol. The minimum Gasteiger partial charge on any atom is -0.508 e. The summed E-state index contributed by atoms with van der Waals surface area (Å²) in [6.45, 7) is -0.0792. The summed E-state index contributed by atoms with van der Waals surface area (Å²) in [6, 6.07) is 10.1. The highest BCUT2D eigenvalue weighted by molar-refractivity contribution is 6.31. The van der Waals surface area contributed by atoms with Gasteiger partial charge in [-0.25, -0.2) is 0 Å². The Morgan fingerprint density at radius 2 is 2.04 bits per heavy atom. The van der Waals surface area contributed by atoms with Crippen molar-refractivity contribution in [2.45, 2.75) is 6.54 Å². The smallest absolute Gasteiger partial charge is 0.287 e. The molecule has 0 unspecified atom stereocenters. The summed E-state index contributed by atoms with van der Waals surface area (Å²) in [6.07, 6.45) is 0. The van der Waals surface area contributed by atoms with Gasteiger partial charge in [0.05, 0.1) is 4.92 Å². The number of non-ortho nitro benzene ring substituents is 1. The molecule has 3 rings (SSSR count). The summed E-state index contributed by atoms with van der Waals surface area (Å²) < 4.78 is 5.42. The fourth-order valence-electron chi connectivity index (χ4n) is 2.22. The average Bonchev–Trinajstić information content (AvgIpc) is 2.96. The van der Waals surface area contributed by atoms with Gasteiger partial charge in [-0.05, 0) is 30.3 Å². The molecule has 2 N–H and O–H groups in total. The Morgan fingerprint density at radius 1 is 1.25 bits per heavy atom. The monoisotopic (exact) mass is 346 g/mol. The minimum atomic E-state index is -0.576. The quantitative estimate of drug-likeness (QED) is 0.554. The molecule has 1 heterocycles. The van der Waals surface area contributed by atoms with E-state index in [2.05, 4.69) is 5.32 Å². The van der Waals surface area contributed by atoms with Gasteiger partial charge < -0.3 is 14.8 Å². The fourth-order valence-corrected chi connectivity index (χ4v) is 2.40. The highest BCUT2D eigenvalue weighted by Crippen LogP contribution is 2.24. The maximum absolute atomic E-state index is 12.1. The number of nitro benzene ring substituents is 1. The lowest BCUT2D eigenvalue weighted by molar-refractivity contribution is -0.384. The van der Waals surface area contributed by atoms with Crippen LogP contribution >= 0.6 is 11.6 Å². The number of phenolic OH excluding ortho intramolecular Hbond substituents is 1. The third-order valence-corrected chi connectivity index (χ3v) is 3.65. The van der Waals surface area contributed by atoms with Gasteiger partial charge in [-0.2, -0.15) is 0 Å². The van der Waals surface area contributed by atoms with Crippen molar-refractivity contribution in [1.82, 2.24) is 5.32 Å². The second-order valence-electron chi connectivity index (χ2n) is 5.05. The number of hydrogen-bond acceptors (Lipinski definition) is 5. The Kier molecular flexibility index (Phi) is 4.09. The van der Waals surface area contributed by atoms with Crippen LogP contribution in [0.25, 0.3) is 11.0 Å². The van der Waals surface area contributed by atoms with Crippen LogP contribution in [0.3, 0.4) is 0 Å². The van der Waals surface area contributed by atoms with Crippen molar-refractivity contribution in [3.63, 3.8) is 0 Å². The number of nitrogens with one attached hydrogen (secondary N) is 1. The van der Waals surface area contributed by atoms with E-state index in [-0.39, 0.29) is 29.3 Å². The van der Waals surface area contributed by atoms with Crippen LogP contribution in [0.5, 0.6) is 5.75 Å². The van der Waals surface area contributed by atoms with E-state index >= 15 is 0 Å². The molecule has 1 aromatic heterocycles. The number of nitro groups is 1. The summed E-state index contributed by atoms with van der Waals surface area (Å²) >= 11 is 5.88. The Labute approximate surface area is 140 Å². The van der Waals surface area contributed by atoms with Crippen LogP contribution in [-0.2, 0) is 6.54 Å². The van der Waals surface area contributed by atoms with E-state index in [0.717, 1.165) is 0 Å².